The molecule has 5 heterocycles. The number of nitriles is 2. The molecular formula is C65H69F5N16O15. The number of fused-ring (bicyclic) bond motifs is 2. The number of halogens is 5. The monoisotopic (exact) mass is 1410 g/mol. The molecule has 11 N–H and O–H groups in total. The first-order valence-corrected chi connectivity index (χ1v) is 31.6. The molecule has 2 aliphatic rings. The minimum Gasteiger partial charge on any atom is -0.481 e. The molecule has 0 saturated carbocycles. The van der Waals surface area contributed by atoms with Crippen LogP contribution in [0.5, 0.6) is 0 Å². The molecule has 31 nitrogen and oxygen atoms in total. The van der Waals surface area contributed by atoms with Crippen molar-refractivity contribution >= 4 is 110 Å². The Kier molecular flexibility index (Phi) is 27.0. The molecule has 0 aliphatic carbocycles. The molecule has 3 unspecified atom stereocenters. The van der Waals surface area contributed by atoms with Crippen molar-refractivity contribution in [1.29, 1.82) is 10.5 Å². The Bertz CT molecular complexity index is 4080. The number of hydrogen-bond donors (Lipinski definition) is 11. The Balaban J connectivity index is 0.946. The molecule has 3 aromatic heterocycles. The van der Waals surface area contributed by atoms with Crippen molar-refractivity contribution in [3.8, 4) is 12.1 Å². The Morgan fingerprint density at radius 2 is 0.990 bits per heavy atom. The van der Waals surface area contributed by atoms with Gasteiger partial charge in [-0.2, -0.15) is 14.9 Å². The molecule has 2 saturated heterocycles. The van der Waals surface area contributed by atoms with Gasteiger partial charge in [0.05, 0.1) is 77.4 Å². The number of unbranched alkanes of at least 4 members (excludes halogenated alkanes) is 2. The van der Waals surface area contributed by atoms with Crippen LogP contribution in [0.1, 0.15) is 121 Å². The van der Waals surface area contributed by atoms with Crippen molar-refractivity contribution in [3.63, 3.8) is 0 Å². The minimum absolute atomic E-state index is 0.00835. The van der Waals surface area contributed by atoms with Crippen LogP contribution in [0.4, 0.5) is 33.3 Å². The number of pyridine rings is 3. The fourth-order valence-corrected chi connectivity index (χ4v) is 10.9. The van der Waals surface area contributed by atoms with E-state index in [1.165, 1.54) is 67.0 Å². The first-order chi connectivity index (χ1) is 48.0. The number of aromatic nitrogens is 3. The number of amides is 11. The summed E-state index contributed by atoms with van der Waals surface area (Å²) in [4.78, 5) is 183. The number of nitrogens with one attached hydrogen (secondary N) is 9. The van der Waals surface area contributed by atoms with Gasteiger partial charge in [-0.05, 0) is 81.3 Å². The number of benzene rings is 2. The fourth-order valence-electron chi connectivity index (χ4n) is 10.9. The number of hydrogen-bond acceptors (Lipinski definition) is 18. The van der Waals surface area contributed by atoms with Crippen molar-refractivity contribution in [2.75, 3.05) is 49.9 Å². The van der Waals surface area contributed by atoms with Gasteiger partial charge in [-0.3, -0.25) is 67.5 Å². The normalized spacial score (nSPS) is 15.8. The van der Waals surface area contributed by atoms with Crippen LogP contribution in [0.3, 0.4) is 0 Å². The Morgan fingerprint density at radius 3 is 1.47 bits per heavy atom. The second kappa shape index (κ2) is 35.6. The molecule has 7 rings (SSSR count). The lowest BCUT2D eigenvalue weighted by Crippen LogP contribution is -2.55. The van der Waals surface area contributed by atoms with E-state index in [0.29, 0.717) is 9.80 Å². The zero-order valence-electron chi connectivity index (χ0n) is 53.8. The van der Waals surface area contributed by atoms with Crippen LogP contribution in [0.25, 0.3) is 21.8 Å². The Morgan fingerprint density at radius 1 is 0.525 bits per heavy atom. The molecule has 36 heteroatoms. The first kappa shape index (κ1) is 76.5. The molecule has 534 valence electrons. The van der Waals surface area contributed by atoms with Gasteiger partial charge in [0.25, 0.3) is 29.6 Å². The highest BCUT2D eigenvalue weighted by atomic mass is 19.3. The third-order valence-electron chi connectivity index (χ3n) is 16.0. The van der Waals surface area contributed by atoms with E-state index in [-0.39, 0.29) is 114 Å². The standard InChI is InChI=1S/C65H69F5N16O15/c66-48-15-13-36(31-77-48)58(95)76-24-4-2-10-47(63(100)101)84-62(99)46(14-20-55(93)94)83-61(98)45(82-52(90)19-18-51(89)81-44-12-6-8-40-42(22-26-75-57(40)44)60(97)79-33-54(92)86-35-65(69,70)28-38(86)30-72)9-1-3-23-73-49(87)16-17-50(88)80-43-11-5-7-39-41(21-25-74-56(39)43)59(96)78-32-53(91)85-34-64(67,68)27-37(85)29-71/h5-8,11-13,15,21-22,25-26,31,37-38,45-47H,1-4,9-10,14,16-20,23-24,27-28,32-35H2,(H,73,87)(H,76,95)(H,78,96)(H,79,97)(H,80,88)(H,81,89)(H,82,90)(H,83,98)(H,84,99)(H,93,94)(H,100,101)/t37-,38-,45?,46?,47?/m0/s1/i66-1. The van der Waals surface area contributed by atoms with Gasteiger partial charge in [-0.15, -0.1) is 0 Å². The van der Waals surface area contributed by atoms with Crippen molar-refractivity contribution in [3.05, 3.63) is 102 Å². The van der Waals surface area contributed by atoms with Gasteiger partial charge < -0.3 is 67.9 Å². The average molecular weight is 1410 g/mol. The Hall–Kier alpha value is -11.9. The van der Waals surface area contributed by atoms with Gasteiger partial charge >= 0.3 is 11.9 Å². The summed E-state index contributed by atoms with van der Waals surface area (Å²) in [6.07, 6.45) is -1.22. The Labute approximate surface area is 571 Å². The van der Waals surface area contributed by atoms with E-state index in [4.69, 9.17) is 0 Å². The number of alkyl halides is 4. The van der Waals surface area contributed by atoms with Crippen molar-refractivity contribution in [2.45, 2.75) is 132 Å². The van der Waals surface area contributed by atoms with Crippen LogP contribution in [0, 0.1) is 28.6 Å². The first-order valence-electron chi connectivity index (χ1n) is 31.6. The molecule has 2 fully saturated rings. The number of carboxylic acid groups (broad SMARTS) is 2. The highest BCUT2D eigenvalue weighted by Crippen LogP contribution is 2.33. The predicted octanol–water partition coefficient (Wildman–Crippen LogP) is 2.72. The maximum Gasteiger partial charge on any atom is 0.326 e. The van der Waals surface area contributed by atoms with E-state index in [9.17, 15) is 105 Å². The third-order valence-corrected chi connectivity index (χ3v) is 16.0. The van der Waals surface area contributed by atoms with Crippen molar-refractivity contribution < 1.29 is 94.5 Å². The lowest BCUT2D eigenvalue weighted by molar-refractivity contribution is -0.143. The number of carboxylic acids is 2. The smallest absolute Gasteiger partial charge is 0.326 e. The average Bonchev–Trinajstić information content (AvgIpc) is 1.73. The fraction of sp³-hybridized carbons (Fsp3) is 0.415. The van der Waals surface area contributed by atoms with Gasteiger partial charge in [0.15, 0.2) is 0 Å². The maximum absolute atomic E-state index is 14.2. The van der Waals surface area contributed by atoms with Gasteiger partial charge in [0.1, 0.15) is 30.2 Å². The van der Waals surface area contributed by atoms with Crippen LogP contribution in [-0.4, -0.2) is 193 Å². The van der Waals surface area contributed by atoms with Crippen LogP contribution in [-0.2, 0) is 47.9 Å². The lowest BCUT2D eigenvalue weighted by Gasteiger charge is -2.24. The number of aliphatic carboxylic acids is 2. The molecule has 101 heavy (non-hydrogen) atoms. The van der Waals surface area contributed by atoms with E-state index < -0.39 is 190 Å². The van der Waals surface area contributed by atoms with Crippen LogP contribution in [0.15, 0.2) is 79.3 Å². The van der Waals surface area contributed by atoms with Crippen molar-refractivity contribution in [1.82, 2.24) is 62.0 Å². The summed E-state index contributed by atoms with van der Waals surface area (Å²) in [5, 5.41) is 60.9. The zero-order valence-corrected chi connectivity index (χ0v) is 53.8. The predicted molar refractivity (Wildman–Crippen MR) is 343 cm³/mol. The summed E-state index contributed by atoms with van der Waals surface area (Å²) in [7, 11) is 0. The molecule has 0 bridgehead atoms. The highest BCUT2D eigenvalue weighted by molar-refractivity contribution is 6.12. The number of para-hydroxylation sites is 2. The van der Waals surface area contributed by atoms with Crippen LogP contribution in [0.2, 0.25) is 0 Å². The number of rotatable bonds is 34. The zero-order chi connectivity index (χ0) is 73.6. The minimum atomic E-state index is -3.29. The van der Waals surface area contributed by atoms with E-state index in [0.717, 1.165) is 12.3 Å². The SMILES string of the molecule is N#C[C@@H]1CC(F)(F)CN1C(=O)CNC(=O)c1ccnc2c(NC(=O)CCC(=O)NCCCCC(NC(=O)CCC(=O)Nc3cccc4c(C(=O)NCC(=O)N5CC(F)(F)C[C@H]5C#N)ccnc34)C(=O)NC(CCC(=O)O)C(=O)NC(CCCCNC(=O)c3ccc([18F])nc3)C(=O)O)cccc12. The molecule has 5 atom stereocenters. The second-order valence-corrected chi connectivity index (χ2v) is 23.5. The number of likely N-dealkylation sites (tertiary alicyclic amines) is 2. The summed E-state index contributed by atoms with van der Waals surface area (Å²) >= 11 is 0. The molecule has 0 spiro atoms. The van der Waals surface area contributed by atoms with Crippen LogP contribution < -0.4 is 47.9 Å². The molecule has 11 amide bonds. The van der Waals surface area contributed by atoms with Gasteiger partial charge in [-0.25, -0.2) is 27.3 Å². The van der Waals surface area contributed by atoms with Gasteiger partial charge in [-0.1, -0.05) is 24.3 Å². The number of carbonyl (C=O) groups excluding carboxylic acids is 11. The lowest BCUT2D eigenvalue weighted by atomic mass is 10.0. The molecule has 5 aromatic rings. The summed E-state index contributed by atoms with van der Waals surface area (Å²) < 4.78 is 69.1. The topological polar surface area (TPSA) is 463 Å². The molecule has 0 radical (unpaired) electrons. The van der Waals surface area contributed by atoms with E-state index in [1.807, 2.05) is 0 Å². The third kappa shape index (κ3) is 22.3. The summed E-state index contributed by atoms with van der Waals surface area (Å²) in [6.45, 7) is -3.41. The largest absolute Gasteiger partial charge is 0.481 e. The number of carbonyl (C=O) groups is 13. The van der Waals surface area contributed by atoms with E-state index in [1.54, 1.807) is 12.1 Å². The van der Waals surface area contributed by atoms with Gasteiger partial charge in [0, 0.05) is 87.4 Å². The van der Waals surface area contributed by atoms with Crippen molar-refractivity contribution in [2.24, 2.45) is 0 Å². The van der Waals surface area contributed by atoms with Gasteiger partial charge in [0.2, 0.25) is 53.2 Å². The summed E-state index contributed by atoms with van der Waals surface area (Å²) in [6, 6.07) is 9.35. The van der Waals surface area contributed by atoms with E-state index >= 15 is 0 Å². The van der Waals surface area contributed by atoms with E-state index in [2.05, 4.69) is 62.8 Å². The quantitative estimate of drug-likeness (QED) is 0.0160. The molecular weight excluding hydrogens is 1340 g/mol. The number of anilines is 2. The number of nitrogens with zero attached hydrogens (tertiary/aromatic N) is 7. The molecule has 2 aliphatic heterocycles. The maximum atomic E-state index is 14.2. The second-order valence-electron chi connectivity index (χ2n) is 23.5. The highest BCUT2D eigenvalue weighted by Gasteiger charge is 2.48. The summed E-state index contributed by atoms with van der Waals surface area (Å²) in [5.41, 5.74) is 0.456. The summed E-state index contributed by atoms with van der Waals surface area (Å²) in [5.74, 6) is -19.3. The molecule has 2 aromatic carbocycles. The van der Waals surface area contributed by atoms with Crippen LogP contribution >= 0.6 is 0 Å².